The zero-order valence-electron chi connectivity index (χ0n) is 13.5. The molecule has 0 unspecified atom stereocenters. The molecule has 0 bridgehead atoms. The standard InChI is InChI=1S/C17H15F4N3OS/c18-9-4-10(19)16(21)14(15(9)20)7-3-12-11(23-17(26)24(12)6-7)5-13(25)22-8-1-2-8/h4,7-8H,1-3,5-6H2,(H,22,25)(H,23,26)/t7-/m0/s1. The molecule has 1 fully saturated rings. The van der Waals surface area contributed by atoms with E-state index in [1.54, 1.807) is 4.57 Å². The summed E-state index contributed by atoms with van der Waals surface area (Å²) in [6, 6.07) is 0.413. The van der Waals surface area contributed by atoms with Gasteiger partial charge in [0, 0.05) is 41.5 Å². The van der Waals surface area contributed by atoms with Crippen molar-refractivity contribution in [2.75, 3.05) is 0 Å². The minimum Gasteiger partial charge on any atom is -0.353 e. The van der Waals surface area contributed by atoms with Crippen LogP contribution in [0.5, 0.6) is 0 Å². The number of aromatic amines is 1. The topological polar surface area (TPSA) is 49.8 Å². The van der Waals surface area contributed by atoms with Crippen LogP contribution in [-0.4, -0.2) is 21.5 Å². The zero-order valence-corrected chi connectivity index (χ0v) is 14.4. The van der Waals surface area contributed by atoms with Crippen LogP contribution in [0.2, 0.25) is 0 Å². The summed E-state index contributed by atoms with van der Waals surface area (Å²) in [5.74, 6) is -6.58. The Morgan fingerprint density at radius 1 is 1.23 bits per heavy atom. The largest absolute Gasteiger partial charge is 0.353 e. The summed E-state index contributed by atoms with van der Waals surface area (Å²) in [7, 11) is 0. The van der Waals surface area contributed by atoms with Crippen molar-refractivity contribution >= 4 is 18.1 Å². The molecule has 2 aliphatic rings. The molecule has 2 N–H and O–H groups in total. The first kappa shape index (κ1) is 17.3. The number of benzene rings is 1. The van der Waals surface area contributed by atoms with Crippen LogP contribution in [-0.2, 0) is 24.2 Å². The number of hydrogen-bond acceptors (Lipinski definition) is 2. The molecular weight excluding hydrogens is 370 g/mol. The molecule has 1 aromatic carbocycles. The lowest BCUT2D eigenvalue weighted by molar-refractivity contribution is -0.120. The second kappa shape index (κ2) is 6.22. The molecule has 1 atom stereocenters. The molecule has 1 amide bonds. The van der Waals surface area contributed by atoms with E-state index in [9.17, 15) is 22.4 Å². The molecule has 1 aromatic heterocycles. The van der Waals surface area contributed by atoms with Crippen LogP contribution in [0.4, 0.5) is 17.6 Å². The van der Waals surface area contributed by atoms with Gasteiger partial charge in [0.1, 0.15) is 0 Å². The maximum absolute atomic E-state index is 14.1. The fourth-order valence-corrected chi connectivity index (χ4v) is 3.76. The fraction of sp³-hybridized carbons (Fsp3) is 0.412. The Kier molecular flexibility index (Phi) is 4.13. The number of fused-ring (bicyclic) bond motifs is 1. The molecule has 0 radical (unpaired) electrons. The third-order valence-corrected chi connectivity index (χ3v) is 5.18. The van der Waals surface area contributed by atoms with Crippen LogP contribution in [0.3, 0.4) is 0 Å². The highest BCUT2D eigenvalue weighted by Gasteiger charge is 2.34. The monoisotopic (exact) mass is 385 g/mol. The van der Waals surface area contributed by atoms with Crippen LogP contribution in [0.15, 0.2) is 6.07 Å². The van der Waals surface area contributed by atoms with Crippen molar-refractivity contribution < 1.29 is 22.4 Å². The van der Waals surface area contributed by atoms with Crippen LogP contribution < -0.4 is 5.32 Å². The van der Waals surface area contributed by atoms with Crippen molar-refractivity contribution in [3.8, 4) is 0 Å². The Labute approximate surface area is 151 Å². The molecule has 9 heteroatoms. The highest BCUT2D eigenvalue weighted by molar-refractivity contribution is 7.71. The number of nitrogens with one attached hydrogen (secondary N) is 2. The molecule has 0 spiro atoms. The molecule has 1 saturated carbocycles. The van der Waals surface area contributed by atoms with Gasteiger partial charge in [-0.15, -0.1) is 0 Å². The summed E-state index contributed by atoms with van der Waals surface area (Å²) < 4.78 is 57.2. The number of amides is 1. The van der Waals surface area contributed by atoms with E-state index in [1.165, 1.54) is 0 Å². The van der Waals surface area contributed by atoms with Gasteiger partial charge in [0.15, 0.2) is 28.0 Å². The van der Waals surface area contributed by atoms with Crippen LogP contribution in [0.1, 0.15) is 35.7 Å². The van der Waals surface area contributed by atoms with Crippen molar-refractivity contribution in [1.29, 1.82) is 0 Å². The average molecular weight is 385 g/mol. The molecule has 26 heavy (non-hydrogen) atoms. The van der Waals surface area contributed by atoms with Gasteiger partial charge in [0.25, 0.3) is 0 Å². The first-order valence-electron chi connectivity index (χ1n) is 8.28. The molecule has 4 nitrogen and oxygen atoms in total. The second-order valence-corrected chi connectivity index (χ2v) is 7.15. The summed E-state index contributed by atoms with van der Waals surface area (Å²) >= 11 is 5.21. The Hall–Kier alpha value is -2.16. The zero-order chi connectivity index (χ0) is 18.6. The number of aromatic nitrogens is 2. The number of hydrogen-bond donors (Lipinski definition) is 2. The van der Waals surface area contributed by atoms with Gasteiger partial charge in [-0.25, -0.2) is 17.6 Å². The molecule has 1 aliphatic carbocycles. The van der Waals surface area contributed by atoms with Gasteiger partial charge in [0.05, 0.1) is 6.42 Å². The van der Waals surface area contributed by atoms with Crippen molar-refractivity contribution in [2.24, 2.45) is 0 Å². The molecule has 2 aromatic rings. The van der Waals surface area contributed by atoms with Crippen LogP contribution >= 0.6 is 12.2 Å². The Morgan fingerprint density at radius 3 is 2.50 bits per heavy atom. The van der Waals surface area contributed by atoms with E-state index < -0.39 is 34.8 Å². The van der Waals surface area contributed by atoms with Crippen molar-refractivity contribution in [1.82, 2.24) is 14.9 Å². The normalized spacial score (nSPS) is 18.8. The quantitative estimate of drug-likeness (QED) is 0.482. The highest BCUT2D eigenvalue weighted by atomic mass is 32.1. The van der Waals surface area contributed by atoms with E-state index in [0.29, 0.717) is 16.2 Å². The molecule has 1 aliphatic heterocycles. The van der Waals surface area contributed by atoms with Gasteiger partial charge in [-0.2, -0.15) is 0 Å². The number of rotatable bonds is 4. The lowest BCUT2D eigenvalue weighted by Crippen LogP contribution is -2.27. The predicted octanol–water partition coefficient (Wildman–Crippen LogP) is 3.26. The van der Waals surface area contributed by atoms with Crippen molar-refractivity contribution in [3.63, 3.8) is 0 Å². The van der Waals surface area contributed by atoms with E-state index in [4.69, 9.17) is 12.2 Å². The Bertz CT molecular complexity index is 938. The summed E-state index contributed by atoms with van der Waals surface area (Å²) in [6.45, 7) is 0.0889. The van der Waals surface area contributed by atoms with Crippen molar-refractivity contribution in [3.05, 3.63) is 51.1 Å². The number of H-pyrrole nitrogens is 1. The molecule has 138 valence electrons. The third-order valence-electron chi connectivity index (χ3n) is 4.85. The van der Waals surface area contributed by atoms with E-state index in [1.807, 2.05) is 0 Å². The number of carbonyl (C=O) groups is 1. The number of nitrogens with zero attached hydrogens (tertiary/aromatic N) is 1. The van der Waals surface area contributed by atoms with Crippen molar-refractivity contribution in [2.45, 2.75) is 44.2 Å². The average Bonchev–Trinajstić information content (AvgIpc) is 3.19. The maximum Gasteiger partial charge on any atom is 0.226 e. The lowest BCUT2D eigenvalue weighted by atomic mass is 9.94. The van der Waals surface area contributed by atoms with E-state index in [-0.39, 0.29) is 37.4 Å². The smallest absolute Gasteiger partial charge is 0.226 e. The highest BCUT2D eigenvalue weighted by Crippen LogP contribution is 2.36. The lowest BCUT2D eigenvalue weighted by Gasteiger charge is -2.13. The third kappa shape index (κ3) is 2.94. The Morgan fingerprint density at radius 2 is 1.88 bits per heavy atom. The van der Waals surface area contributed by atoms with Gasteiger partial charge in [0.2, 0.25) is 5.91 Å². The van der Waals surface area contributed by atoms with Gasteiger partial charge in [-0.05, 0) is 31.5 Å². The predicted molar refractivity (Wildman–Crippen MR) is 87.2 cm³/mol. The van der Waals surface area contributed by atoms with Gasteiger partial charge >= 0.3 is 0 Å². The number of halogens is 4. The summed E-state index contributed by atoms with van der Waals surface area (Å²) in [4.78, 5) is 15.0. The SMILES string of the molecule is O=C(Cc1[nH]c(=S)n2c1C[C@H](c1c(F)c(F)cc(F)c1F)C2)NC1CC1. The molecule has 2 heterocycles. The van der Waals surface area contributed by atoms with Gasteiger partial charge in [-0.1, -0.05) is 0 Å². The summed E-state index contributed by atoms with van der Waals surface area (Å²) in [6.07, 6.45) is 2.12. The summed E-state index contributed by atoms with van der Waals surface area (Å²) in [5.41, 5.74) is 0.580. The maximum atomic E-state index is 14.1. The van der Waals surface area contributed by atoms with Gasteiger partial charge < -0.3 is 14.9 Å². The number of imidazole rings is 1. The number of carbonyl (C=O) groups excluding carboxylic acids is 1. The van der Waals surface area contributed by atoms with E-state index in [0.717, 1.165) is 12.8 Å². The first-order valence-corrected chi connectivity index (χ1v) is 8.68. The minimum absolute atomic E-state index is 0.0671. The fourth-order valence-electron chi connectivity index (χ4n) is 3.46. The van der Waals surface area contributed by atoms with Crippen LogP contribution in [0, 0.1) is 28.0 Å². The second-order valence-electron chi connectivity index (χ2n) is 6.77. The van der Waals surface area contributed by atoms with Gasteiger partial charge in [-0.3, -0.25) is 4.79 Å². The first-order chi connectivity index (χ1) is 12.3. The summed E-state index contributed by atoms with van der Waals surface area (Å²) in [5, 5.41) is 2.86. The van der Waals surface area contributed by atoms with E-state index >= 15 is 0 Å². The molecule has 0 saturated heterocycles. The molecular formula is C17H15F4N3OS. The minimum atomic E-state index is -1.43. The van der Waals surface area contributed by atoms with E-state index in [2.05, 4.69) is 10.3 Å². The molecule has 4 rings (SSSR count). The van der Waals surface area contributed by atoms with Crippen LogP contribution in [0.25, 0.3) is 0 Å². The Balaban J connectivity index is 1.63.